The molecule has 1 aromatic heterocycles. The third-order valence-corrected chi connectivity index (χ3v) is 5.68. The highest BCUT2D eigenvalue weighted by atomic mass is 16.2. The summed E-state index contributed by atoms with van der Waals surface area (Å²) in [4.78, 5) is 24.2. The number of fused-ring (bicyclic) bond motifs is 1. The van der Waals surface area contributed by atoms with Crippen LogP contribution in [0.15, 0.2) is 70.8 Å². The van der Waals surface area contributed by atoms with Crippen LogP contribution in [-0.2, 0) is 4.79 Å². The number of amides is 1. The highest BCUT2D eigenvalue weighted by molar-refractivity contribution is 6.04. The van der Waals surface area contributed by atoms with E-state index in [0.29, 0.717) is 12.2 Å². The van der Waals surface area contributed by atoms with E-state index in [1.807, 2.05) is 42.3 Å². The van der Waals surface area contributed by atoms with Crippen LogP contribution in [0.5, 0.6) is 0 Å². The van der Waals surface area contributed by atoms with Crippen LogP contribution in [0.25, 0.3) is 0 Å². The molecule has 5 rings (SSSR count). The Morgan fingerprint density at radius 2 is 2.13 bits per heavy atom. The number of hydrogen-bond acceptors (Lipinski definition) is 7. The van der Waals surface area contributed by atoms with E-state index in [2.05, 4.69) is 37.0 Å². The smallest absolute Gasteiger partial charge is 0.275 e. The number of nitrogens with zero attached hydrogens (tertiary/aromatic N) is 4. The van der Waals surface area contributed by atoms with Gasteiger partial charge in [0.05, 0.1) is 12.2 Å². The van der Waals surface area contributed by atoms with Gasteiger partial charge in [-0.25, -0.2) is 4.98 Å². The number of nitrogens with one attached hydrogen (secondary N) is 3. The van der Waals surface area contributed by atoms with Crippen LogP contribution < -0.4 is 21.0 Å². The van der Waals surface area contributed by atoms with Crippen LogP contribution in [0.4, 0.5) is 11.5 Å². The van der Waals surface area contributed by atoms with Crippen molar-refractivity contribution in [2.45, 2.75) is 25.9 Å². The summed E-state index contributed by atoms with van der Waals surface area (Å²) in [5.41, 5.74) is 7.58. The molecule has 154 valence electrons. The van der Waals surface area contributed by atoms with Crippen LogP contribution in [0, 0.1) is 0 Å². The van der Waals surface area contributed by atoms with Gasteiger partial charge in [0.15, 0.2) is 0 Å². The van der Waals surface area contributed by atoms with Crippen molar-refractivity contribution in [2.24, 2.45) is 4.99 Å². The average molecular weight is 403 g/mol. The molecule has 1 unspecified atom stereocenters. The first kappa shape index (κ1) is 18.5. The van der Waals surface area contributed by atoms with E-state index in [4.69, 9.17) is 0 Å². The predicted octanol–water partition coefficient (Wildman–Crippen LogP) is 2.05. The van der Waals surface area contributed by atoms with E-state index in [1.165, 1.54) is 12.8 Å². The predicted molar refractivity (Wildman–Crippen MR) is 118 cm³/mol. The van der Waals surface area contributed by atoms with Crippen LogP contribution >= 0.6 is 0 Å². The molecule has 8 heteroatoms. The fourth-order valence-electron chi connectivity index (χ4n) is 4.07. The van der Waals surface area contributed by atoms with E-state index in [1.54, 1.807) is 12.4 Å². The largest absolute Gasteiger partial charge is 0.365 e. The van der Waals surface area contributed by atoms with Gasteiger partial charge >= 0.3 is 0 Å². The van der Waals surface area contributed by atoms with Crippen molar-refractivity contribution in [3.63, 3.8) is 0 Å². The minimum Gasteiger partial charge on any atom is -0.365 e. The highest BCUT2D eigenvalue weighted by Crippen LogP contribution is 2.24. The van der Waals surface area contributed by atoms with Gasteiger partial charge in [-0.2, -0.15) is 0 Å². The molecule has 4 aliphatic rings. The summed E-state index contributed by atoms with van der Waals surface area (Å²) in [6.45, 7) is 4.74. The van der Waals surface area contributed by atoms with Crippen molar-refractivity contribution in [1.29, 1.82) is 0 Å². The summed E-state index contributed by atoms with van der Waals surface area (Å²) in [6, 6.07) is 3.76. The van der Waals surface area contributed by atoms with Gasteiger partial charge in [-0.3, -0.25) is 20.2 Å². The molecule has 1 fully saturated rings. The zero-order valence-corrected chi connectivity index (χ0v) is 16.9. The summed E-state index contributed by atoms with van der Waals surface area (Å²) in [7, 11) is 0. The zero-order valence-electron chi connectivity index (χ0n) is 16.9. The first-order chi connectivity index (χ1) is 14.7. The molecule has 5 heterocycles. The Hall–Kier alpha value is -3.55. The number of carbonyl (C=O) groups excluding carboxylic acids is 1. The van der Waals surface area contributed by atoms with Crippen molar-refractivity contribution in [3.8, 4) is 0 Å². The molecule has 0 aromatic carbocycles. The SMILES string of the molecule is CC1=NCC=CC1=C1C=CC2NC=C(C(=O)Nc3ccnc(N4CCCC4)c3)N2N1. The third kappa shape index (κ3) is 3.45. The molecule has 1 aromatic rings. The molecule has 0 spiro atoms. The number of allylic oxidation sites excluding steroid dienone is 3. The van der Waals surface area contributed by atoms with E-state index in [9.17, 15) is 4.79 Å². The second-order valence-corrected chi connectivity index (χ2v) is 7.69. The zero-order chi connectivity index (χ0) is 20.5. The molecule has 1 saturated heterocycles. The Balaban J connectivity index is 1.32. The van der Waals surface area contributed by atoms with Gasteiger partial charge in [-0.1, -0.05) is 12.2 Å². The van der Waals surface area contributed by atoms with Gasteiger partial charge in [0.2, 0.25) is 0 Å². The highest BCUT2D eigenvalue weighted by Gasteiger charge is 2.32. The lowest BCUT2D eigenvalue weighted by Crippen LogP contribution is -2.49. The Labute approximate surface area is 175 Å². The molecule has 0 bridgehead atoms. The van der Waals surface area contributed by atoms with Crippen LogP contribution in [0.1, 0.15) is 19.8 Å². The number of aromatic nitrogens is 1. The lowest BCUT2D eigenvalue weighted by molar-refractivity contribution is -0.114. The lowest BCUT2D eigenvalue weighted by atomic mass is 10.1. The molecule has 4 aliphatic heterocycles. The molecule has 3 N–H and O–H groups in total. The third-order valence-electron chi connectivity index (χ3n) is 5.68. The molecular formula is C22H25N7O. The van der Waals surface area contributed by atoms with Gasteiger partial charge in [0.1, 0.15) is 17.7 Å². The summed E-state index contributed by atoms with van der Waals surface area (Å²) in [5, 5.41) is 8.08. The number of rotatable bonds is 3. The Morgan fingerprint density at radius 1 is 1.27 bits per heavy atom. The van der Waals surface area contributed by atoms with Gasteiger partial charge < -0.3 is 15.5 Å². The lowest BCUT2D eigenvalue weighted by Gasteiger charge is -2.33. The van der Waals surface area contributed by atoms with Crippen LogP contribution in [0.3, 0.4) is 0 Å². The number of hydrogen-bond donors (Lipinski definition) is 3. The van der Waals surface area contributed by atoms with E-state index < -0.39 is 0 Å². The average Bonchev–Trinajstić information content (AvgIpc) is 3.44. The van der Waals surface area contributed by atoms with Crippen molar-refractivity contribution >= 4 is 23.1 Å². The molecule has 1 atom stereocenters. The second-order valence-electron chi connectivity index (χ2n) is 7.69. The minimum atomic E-state index is -0.180. The summed E-state index contributed by atoms with van der Waals surface area (Å²) in [5.74, 6) is 0.729. The number of carbonyl (C=O) groups is 1. The number of dihydropyridines is 1. The molecular weight excluding hydrogens is 378 g/mol. The fourth-order valence-corrected chi connectivity index (χ4v) is 4.07. The molecule has 30 heavy (non-hydrogen) atoms. The summed E-state index contributed by atoms with van der Waals surface area (Å²) >= 11 is 0. The summed E-state index contributed by atoms with van der Waals surface area (Å²) in [6.07, 6.45) is 13.9. The maximum absolute atomic E-state index is 13.0. The van der Waals surface area contributed by atoms with Crippen LogP contribution in [-0.4, -0.2) is 47.4 Å². The Morgan fingerprint density at radius 3 is 2.97 bits per heavy atom. The number of hydrazine groups is 1. The first-order valence-electron chi connectivity index (χ1n) is 10.3. The molecule has 0 radical (unpaired) electrons. The standard InChI is InChI=1S/C22H25N7O/c1-15-17(5-4-9-23-15)18-6-7-20-25-14-19(29(20)27-18)22(30)26-16-8-10-24-21(13-16)28-11-2-3-12-28/h4-8,10,13-14,20,25,27H,2-3,9,11-12H2,1H3,(H,24,26,30). The van der Waals surface area contributed by atoms with E-state index in [0.717, 1.165) is 41.6 Å². The molecule has 1 amide bonds. The number of pyridine rings is 1. The van der Waals surface area contributed by atoms with Crippen molar-refractivity contribution in [2.75, 3.05) is 29.9 Å². The maximum Gasteiger partial charge on any atom is 0.275 e. The van der Waals surface area contributed by atoms with Crippen molar-refractivity contribution in [3.05, 3.63) is 65.8 Å². The van der Waals surface area contributed by atoms with Crippen molar-refractivity contribution < 1.29 is 4.79 Å². The van der Waals surface area contributed by atoms with Gasteiger partial charge in [0.25, 0.3) is 5.91 Å². The normalized spacial score (nSPS) is 24.8. The van der Waals surface area contributed by atoms with Crippen LogP contribution in [0.2, 0.25) is 0 Å². The topological polar surface area (TPSA) is 84.9 Å². The molecule has 0 aliphatic carbocycles. The second kappa shape index (κ2) is 7.70. The first-order valence-corrected chi connectivity index (χ1v) is 10.3. The minimum absolute atomic E-state index is 0.113. The van der Waals surface area contributed by atoms with E-state index >= 15 is 0 Å². The molecule has 8 nitrogen and oxygen atoms in total. The summed E-state index contributed by atoms with van der Waals surface area (Å²) < 4.78 is 0. The quantitative estimate of drug-likeness (QED) is 0.716. The Kier molecular flexibility index (Phi) is 4.74. The van der Waals surface area contributed by atoms with Gasteiger partial charge in [-0.05, 0) is 38.0 Å². The van der Waals surface area contributed by atoms with E-state index in [-0.39, 0.29) is 12.1 Å². The fraction of sp³-hybridized carbons (Fsp3) is 0.318. The Bertz CT molecular complexity index is 1010. The number of anilines is 2. The monoisotopic (exact) mass is 403 g/mol. The maximum atomic E-state index is 13.0. The van der Waals surface area contributed by atoms with Gasteiger partial charge in [0, 0.05) is 48.5 Å². The van der Waals surface area contributed by atoms with Crippen molar-refractivity contribution in [1.82, 2.24) is 20.7 Å². The van der Waals surface area contributed by atoms with Gasteiger partial charge in [-0.15, -0.1) is 0 Å². The molecule has 0 saturated carbocycles. The number of aliphatic imine (C=N–C) groups is 1.